The van der Waals surface area contributed by atoms with Gasteiger partial charge in [-0.25, -0.2) is 4.98 Å². The van der Waals surface area contributed by atoms with Crippen LogP contribution in [0, 0.1) is 0 Å². The summed E-state index contributed by atoms with van der Waals surface area (Å²) in [5.41, 5.74) is 6.29. The fourth-order valence-electron chi connectivity index (χ4n) is 3.24. The summed E-state index contributed by atoms with van der Waals surface area (Å²) in [6.45, 7) is 0. The molecule has 0 saturated heterocycles. The Morgan fingerprint density at radius 1 is 0.731 bits per heavy atom. The molecular formula is C22H16N4. The van der Waals surface area contributed by atoms with Gasteiger partial charge in [0, 0.05) is 46.2 Å². The summed E-state index contributed by atoms with van der Waals surface area (Å²) in [5.74, 6) is 0.863. The Hall–Kier alpha value is -3.66. The van der Waals surface area contributed by atoms with E-state index in [9.17, 15) is 0 Å². The molecule has 0 fully saturated rings. The monoisotopic (exact) mass is 336 g/mol. The Labute approximate surface area is 150 Å². The number of aromatic nitrogens is 4. The summed E-state index contributed by atoms with van der Waals surface area (Å²) >= 11 is 0. The molecule has 26 heavy (non-hydrogen) atoms. The molecule has 3 aromatic heterocycles. The van der Waals surface area contributed by atoms with Crippen molar-refractivity contribution in [1.29, 1.82) is 0 Å². The Balaban J connectivity index is 1.73. The van der Waals surface area contributed by atoms with Gasteiger partial charge in [0.1, 0.15) is 5.82 Å². The van der Waals surface area contributed by atoms with E-state index in [-0.39, 0.29) is 0 Å². The summed E-state index contributed by atoms with van der Waals surface area (Å²) in [4.78, 5) is 15.8. The third kappa shape index (κ3) is 2.48. The molecule has 124 valence electrons. The van der Waals surface area contributed by atoms with E-state index in [0.29, 0.717) is 0 Å². The normalized spacial score (nSPS) is 11.1. The zero-order valence-electron chi connectivity index (χ0n) is 14.0. The number of rotatable bonds is 3. The Kier molecular flexibility index (Phi) is 3.39. The van der Waals surface area contributed by atoms with Gasteiger partial charge < -0.3 is 9.97 Å². The lowest BCUT2D eigenvalue weighted by Gasteiger charge is -2.03. The van der Waals surface area contributed by atoms with Gasteiger partial charge in [-0.15, -0.1) is 0 Å². The first-order valence-corrected chi connectivity index (χ1v) is 8.52. The zero-order valence-corrected chi connectivity index (χ0v) is 14.0. The van der Waals surface area contributed by atoms with Crippen LogP contribution in [0.5, 0.6) is 0 Å². The number of benzene rings is 2. The second kappa shape index (κ2) is 6.01. The molecule has 0 aliphatic carbocycles. The van der Waals surface area contributed by atoms with Crippen LogP contribution < -0.4 is 0 Å². The van der Waals surface area contributed by atoms with Crippen LogP contribution in [0.3, 0.4) is 0 Å². The van der Waals surface area contributed by atoms with Crippen LogP contribution in [0.2, 0.25) is 0 Å². The molecule has 0 saturated carbocycles. The fourth-order valence-corrected chi connectivity index (χ4v) is 3.24. The molecule has 2 aromatic carbocycles. The third-order valence-electron chi connectivity index (χ3n) is 4.55. The van der Waals surface area contributed by atoms with Gasteiger partial charge in [0.25, 0.3) is 0 Å². The molecule has 0 aliphatic rings. The van der Waals surface area contributed by atoms with Crippen LogP contribution >= 0.6 is 0 Å². The highest BCUT2D eigenvalue weighted by atomic mass is 14.9. The maximum atomic E-state index is 4.90. The molecule has 0 radical (unpaired) electrons. The van der Waals surface area contributed by atoms with Crippen molar-refractivity contribution in [2.24, 2.45) is 0 Å². The molecular weight excluding hydrogens is 320 g/mol. The molecule has 0 aliphatic heterocycles. The van der Waals surface area contributed by atoms with Gasteiger partial charge in [-0.2, -0.15) is 0 Å². The maximum Gasteiger partial charge on any atom is 0.138 e. The van der Waals surface area contributed by atoms with Crippen LogP contribution in [0.1, 0.15) is 0 Å². The number of aromatic amines is 2. The average molecular weight is 336 g/mol. The van der Waals surface area contributed by atoms with Crippen molar-refractivity contribution in [3.05, 3.63) is 85.3 Å². The van der Waals surface area contributed by atoms with Gasteiger partial charge in [-0.3, -0.25) is 4.98 Å². The highest BCUT2D eigenvalue weighted by Gasteiger charge is 2.15. The standard InChI is InChI=1S/C22H16N4/c1-2-4-16(5-3-1)22-25-20(15-8-11-23-12-9-15)21(26-22)18-6-7-19-17(14-18)10-13-24-19/h1-14,24H,(H,25,26). The van der Waals surface area contributed by atoms with Gasteiger partial charge in [-0.1, -0.05) is 36.4 Å². The summed E-state index contributed by atoms with van der Waals surface area (Å²) in [7, 11) is 0. The molecule has 0 spiro atoms. The maximum absolute atomic E-state index is 4.90. The molecule has 0 unspecified atom stereocenters. The topological polar surface area (TPSA) is 57.4 Å². The first-order valence-electron chi connectivity index (χ1n) is 8.52. The van der Waals surface area contributed by atoms with Crippen LogP contribution in [0.15, 0.2) is 85.3 Å². The van der Waals surface area contributed by atoms with Gasteiger partial charge in [0.05, 0.1) is 11.4 Å². The first-order chi connectivity index (χ1) is 12.9. The van der Waals surface area contributed by atoms with Gasteiger partial charge >= 0.3 is 0 Å². The molecule has 0 bridgehead atoms. The lowest BCUT2D eigenvalue weighted by molar-refractivity contribution is 1.30. The van der Waals surface area contributed by atoms with Crippen molar-refractivity contribution in [3.8, 4) is 33.9 Å². The van der Waals surface area contributed by atoms with Gasteiger partial charge in [0.15, 0.2) is 0 Å². The van der Waals surface area contributed by atoms with E-state index in [1.807, 2.05) is 36.5 Å². The Bertz CT molecular complexity index is 1170. The van der Waals surface area contributed by atoms with Crippen LogP contribution in [-0.4, -0.2) is 19.9 Å². The summed E-state index contributed by atoms with van der Waals surface area (Å²) in [6, 6.07) is 22.6. The van der Waals surface area contributed by atoms with Crippen molar-refractivity contribution in [3.63, 3.8) is 0 Å². The minimum atomic E-state index is 0.863. The van der Waals surface area contributed by atoms with Crippen LogP contribution in [-0.2, 0) is 0 Å². The number of hydrogen-bond donors (Lipinski definition) is 2. The van der Waals surface area contributed by atoms with Crippen LogP contribution in [0.25, 0.3) is 44.8 Å². The number of pyridine rings is 1. The third-order valence-corrected chi connectivity index (χ3v) is 4.55. The summed E-state index contributed by atoms with van der Waals surface area (Å²) < 4.78 is 0. The number of H-pyrrole nitrogens is 2. The lowest BCUT2D eigenvalue weighted by Crippen LogP contribution is -1.84. The van der Waals surface area contributed by atoms with Crippen LogP contribution in [0.4, 0.5) is 0 Å². The van der Waals surface area contributed by atoms with Crippen molar-refractivity contribution in [2.75, 3.05) is 0 Å². The zero-order chi connectivity index (χ0) is 17.3. The molecule has 0 atom stereocenters. The van der Waals surface area contributed by atoms with Crippen molar-refractivity contribution in [2.45, 2.75) is 0 Å². The number of hydrogen-bond acceptors (Lipinski definition) is 2. The van der Waals surface area contributed by atoms with Crippen molar-refractivity contribution < 1.29 is 0 Å². The fraction of sp³-hybridized carbons (Fsp3) is 0. The van der Waals surface area contributed by atoms with E-state index in [4.69, 9.17) is 4.98 Å². The number of nitrogens with zero attached hydrogens (tertiary/aromatic N) is 2. The predicted molar refractivity (Wildman–Crippen MR) is 105 cm³/mol. The number of fused-ring (bicyclic) bond motifs is 1. The highest BCUT2D eigenvalue weighted by Crippen LogP contribution is 2.34. The van der Waals surface area contributed by atoms with E-state index in [1.165, 1.54) is 5.39 Å². The summed E-state index contributed by atoms with van der Waals surface area (Å²) in [6.07, 6.45) is 5.55. The molecule has 5 rings (SSSR count). The molecule has 3 heterocycles. The summed E-state index contributed by atoms with van der Waals surface area (Å²) in [5, 5.41) is 1.18. The molecule has 4 heteroatoms. The second-order valence-corrected chi connectivity index (χ2v) is 6.19. The smallest absolute Gasteiger partial charge is 0.138 e. The minimum absolute atomic E-state index is 0.863. The van der Waals surface area contributed by atoms with Crippen molar-refractivity contribution >= 4 is 10.9 Å². The first kappa shape index (κ1) is 14.7. The van der Waals surface area contributed by atoms with E-state index < -0.39 is 0 Å². The highest BCUT2D eigenvalue weighted by molar-refractivity contribution is 5.88. The predicted octanol–water partition coefficient (Wildman–Crippen LogP) is 5.29. The average Bonchev–Trinajstić information content (AvgIpc) is 3.36. The second-order valence-electron chi connectivity index (χ2n) is 6.19. The number of imidazole rings is 1. The van der Waals surface area contributed by atoms with Crippen molar-refractivity contribution in [1.82, 2.24) is 19.9 Å². The molecule has 0 amide bonds. The Morgan fingerprint density at radius 3 is 2.42 bits per heavy atom. The van der Waals surface area contributed by atoms with E-state index >= 15 is 0 Å². The lowest BCUT2D eigenvalue weighted by atomic mass is 10.0. The SMILES string of the molecule is c1ccc(-c2nc(-c3ccncc3)c(-c3ccc4[nH]ccc4c3)[nH]2)cc1. The van der Waals surface area contributed by atoms with E-state index in [1.54, 1.807) is 12.4 Å². The Morgan fingerprint density at radius 2 is 1.58 bits per heavy atom. The number of nitrogens with one attached hydrogen (secondary N) is 2. The van der Waals surface area contributed by atoms with E-state index in [0.717, 1.165) is 39.4 Å². The minimum Gasteiger partial charge on any atom is -0.361 e. The largest absolute Gasteiger partial charge is 0.361 e. The molecule has 5 aromatic rings. The quantitative estimate of drug-likeness (QED) is 0.470. The molecule has 2 N–H and O–H groups in total. The van der Waals surface area contributed by atoms with Gasteiger partial charge in [-0.05, 0) is 30.3 Å². The molecule has 4 nitrogen and oxygen atoms in total. The van der Waals surface area contributed by atoms with Gasteiger partial charge in [0.2, 0.25) is 0 Å². The van der Waals surface area contributed by atoms with E-state index in [2.05, 4.69) is 51.4 Å².